The Kier molecular flexibility index (Phi) is 4.29. The summed E-state index contributed by atoms with van der Waals surface area (Å²) in [5, 5.41) is 8.93. The van der Waals surface area contributed by atoms with Crippen molar-refractivity contribution in [1.29, 1.82) is 0 Å². The quantitative estimate of drug-likeness (QED) is 0.708. The number of nitrogen functional groups attached to an aromatic ring is 1. The number of benzene rings is 1. The number of carbonyl (C=O) groups is 1. The molecular weight excluding hydrogens is 398 g/mol. The van der Waals surface area contributed by atoms with Gasteiger partial charge in [0.05, 0.1) is 31.0 Å². The van der Waals surface area contributed by atoms with E-state index in [0.29, 0.717) is 41.4 Å². The molecule has 8 heteroatoms. The van der Waals surface area contributed by atoms with E-state index in [2.05, 4.69) is 31.1 Å². The summed E-state index contributed by atoms with van der Waals surface area (Å²) in [5.74, 6) is 0.399. The zero-order valence-corrected chi connectivity index (χ0v) is 15.7. The summed E-state index contributed by atoms with van der Waals surface area (Å²) in [6.45, 7) is 1.32. The predicted octanol–water partition coefficient (Wildman–Crippen LogP) is 2.67. The number of hydrogen-bond donors (Lipinski definition) is 1. The van der Waals surface area contributed by atoms with Crippen LogP contribution in [0.2, 0.25) is 0 Å². The highest BCUT2D eigenvalue weighted by Gasteiger charge is 2.21. The van der Waals surface area contributed by atoms with Crippen LogP contribution in [0.25, 0.3) is 10.9 Å². The molecule has 1 aliphatic rings. The van der Waals surface area contributed by atoms with Crippen molar-refractivity contribution >= 4 is 38.6 Å². The minimum atomic E-state index is -0.0962. The highest BCUT2D eigenvalue weighted by Crippen LogP contribution is 2.31. The van der Waals surface area contributed by atoms with Crippen LogP contribution in [0.15, 0.2) is 34.9 Å². The van der Waals surface area contributed by atoms with Gasteiger partial charge in [-0.15, -0.1) is 5.10 Å². The molecule has 3 aromatic rings. The molecule has 0 aliphatic carbocycles. The first-order chi connectivity index (χ1) is 12.5. The second-order valence-electron chi connectivity index (χ2n) is 6.19. The van der Waals surface area contributed by atoms with Crippen molar-refractivity contribution in [2.24, 2.45) is 0 Å². The van der Waals surface area contributed by atoms with Gasteiger partial charge in [-0.2, -0.15) is 5.10 Å². The van der Waals surface area contributed by atoms with Gasteiger partial charge in [-0.3, -0.25) is 4.79 Å². The minimum absolute atomic E-state index is 0.0962. The van der Waals surface area contributed by atoms with Gasteiger partial charge in [-0.1, -0.05) is 0 Å². The van der Waals surface area contributed by atoms with Gasteiger partial charge in [-0.25, -0.2) is 4.98 Å². The van der Waals surface area contributed by atoms with E-state index in [1.165, 1.54) is 0 Å². The van der Waals surface area contributed by atoms with E-state index >= 15 is 0 Å². The molecule has 1 aromatic carbocycles. The molecule has 0 saturated carbocycles. The van der Waals surface area contributed by atoms with Crippen molar-refractivity contribution in [2.75, 3.05) is 12.8 Å². The van der Waals surface area contributed by atoms with Crippen molar-refractivity contribution < 1.29 is 9.53 Å². The number of anilines is 1. The number of hydrogen-bond acceptors (Lipinski definition) is 6. The number of rotatable bonds is 3. The zero-order chi connectivity index (χ0) is 18.3. The van der Waals surface area contributed by atoms with Gasteiger partial charge in [0.1, 0.15) is 10.4 Å². The third kappa shape index (κ3) is 3.02. The third-order valence-electron chi connectivity index (χ3n) is 4.41. The van der Waals surface area contributed by atoms with Crippen molar-refractivity contribution in [3.8, 4) is 0 Å². The Labute approximate surface area is 158 Å². The van der Waals surface area contributed by atoms with Gasteiger partial charge in [0.25, 0.3) is 5.91 Å². The molecule has 2 N–H and O–H groups in total. The molecule has 0 bridgehead atoms. The number of nitrogens with zero attached hydrogens (tertiary/aromatic N) is 4. The molecule has 0 radical (unpaired) electrons. The predicted molar refractivity (Wildman–Crippen MR) is 100 cm³/mol. The van der Waals surface area contributed by atoms with Crippen LogP contribution in [0.5, 0.6) is 0 Å². The molecule has 0 saturated heterocycles. The molecular formula is C18H16BrN5O2. The zero-order valence-electron chi connectivity index (χ0n) is 14.1. The second-order valence-corrected chi connectivity index (χ2v) is 7.00. The molecule has 7 nitrogen and oxygen atoms in total. The normalized spacial score (nSPS) is 13.0. The Morgan fingerprint density at radius 3 is 2.81 bits per heavy atom. The number of aromatic nitrogens is 3. The Hall–Kier alpha value is -2.58. The number of nitrogens with two attached hydrogens (primary N) is 1. The average Bonchev–Trinajstić information content (AvgIpc) is 3.14. The van der Waals surface area contributed by atoms with Gasteiger partial charge >= 0.3 is 0 Å². The summed E-state index contributed by atoms with van der Waals surface area (Å²) in [7, 11) is 1.74. The Morgan fingerprint density at radius 1 is 1.23 bits per heavy atom. The number of fused-ring (bicyclic) bond motifs is 3. The number of carbonyl (C=O) groups excluding carboxylic acids is 1. The summed E-state index contributed by atoms with van der Waals surface area (Å²) >= 11 is 3.25. The van der Waals surface area contributed by atoms with E-state index in [9.17, 15) is 4.79 Å². The summed E-state index contributed by atoms with van der Waals surface area (Å²) in [5.41, 5.74) is 10.0. The average molecular weight is 414 g/mol. The van der Waals surface area contributed by atoms with Crippen LogP contribution in [0.3, 0.4) is 0 Å². The van der Waals surface area contributed by atoms with E-state index in [1.807, 2.05) is 18.2 Å². The van der Waals surface area contributed by atoms with Crippen LogP contribution in [0, 0.1) is 0 Å². The van der Waals surface area contributed by atoms with Crippen LogP contribution < -0.4 is 5.73 Å². The van der Waals surface area contributed by atoms with Crippen molar-refractivity contribution in [1.82, 2.24) is 20.1 Å². The molecule has 1 amide bonds. The van der Waals surface area contributed by atoms with Crippen LogP contribution in [0.4, 0.5) is 5.82 Å². The van der Waals surface area contributed by atoms with E-state index in [-0.39, 0.29) is 5.91 Å². The van der Waals surface area contributed by atoms with Crippen molar-refractivity contribution in [3.63, 3.8) is 0 Å². The first-order valence-corrected chi connectivity index (χ1v) is 8.84. The summed E-state index contributed by atoms with van der Waals surface area (Å²) in [6.07, 6.45) is 0. The van der Waals surface area contributed by atoms with Crippen LogP contribution in [-0.4, -0.2) is 33.0 Å². The maximum atomic E-state index is 12.8. The number of pyridine rings is 1. The van der Waals surface area contributed by atoms with Gasteiger partial charge < -0.3 is 15.4 Å². The standard InChI is InChI=1S/C18H16BrN5O2/c1-24(7-11-3-5-16(19)23-22-11)18(25)10-2-4-15-12(6-10)13-8-26-9-14(13)17(20)21-15/h2-6H,7-9H2,1H3,(H2,20,21). The SMILES string of the molecule is CN(Cc1ccc(Br)nn1)C(=O)c1ccc2nc(N)c3c(c2c1)COC3. The smallest absolute Gasteiger partial charge is 0.253 e. The fourth-order valence-corrected chi connectivity index (χ4v) is 3.28. The maximum absolute atomic E-state index is 12.8. The molecule has 2 aromatic heterocycles. The Morgan fingerprint density at radius 2 is 2.04 bits per heavy atom. The molecule has 1 aliphatic heterocycles. The number of amides is 1. The Balaban J connectivity index is 1.64. The van der Waals surface area contributed by atoms with Gasteiger partial charge in [0.15, 0.2) is 0 Å². The van der Waals surface area contributed by atoms with Gasteiger partial charge in [-0.05, 0) is 51.8 Å². The lowest BCUT2D eigenvalue weighted by atomic mass is 10.0. The van der Waals surface area contributed by atoms with Crippen LogP contribution in [-0.2, 0) is 24.5 Å². The molecule has 4 rings (SSSR count). The van der Waals surface area contributed by atoms with Crippen LogP contribution in [0.1, 0.15) is 27.2 Å². The molecule has 0 spiro atoms. The topological polar surface area (TPSA) is 94.2 Å². The number of halogens is 1. The molecule has 132 valence electrons. The highest BCUT2D eigenvalue weighted by atomic mass is 79.9. The summed E-state index contributed by atoms with van der Waals surface area (Å²) in [6, 6.07) is 9.09. The third-order valence-corrected chi connectivity index (χ3v) is 4.83. The van der Waals surface area contributed by atoms with E-state index < -0.39 is 0 Å². The Bertz CT molecular complexity index is 1010. The monoisotopic (exact) mass is 413 g/mol. The second kappa shape index (κ2) is 6.62. The fraction of sp³-hybridized carbons (Fsp3) is 0.222. The minimum Gasteiger partial charge on any atom is -0.383 e. The lowest BCUT2D eigenvalue weighted by Crippen LogP contribution is -2.26. The number of ether oxygens (including phenoxy) is 1. The maximum Gasteiger partial charge on any atom is 0.253 e. The van der Waals surface area contributed by atoms with Crippen LogP contribution >= 0.6 is 15.9 Å². The summed E-state index contributed by atoms with van der Waals surface area (Å²) in [4.78, 5) is 18.8. The largest absolute Gasteiger partial charge is 0.383 e. The van der Waals surface area contributed by atoms with Gasteiger partial charge in [0.2, 0.25) is 0 Å². The first-order valence-electron chi connectivity index (χ1n) is 8.05. The molecule has 26 heavy (non-hydrogen) atoms. The fourth-order valence-electron chi connectivity index (χ4n) is 3.07. The van der Waals surface area contributed by atoms with Gasteiger partial charge in [0, 0.05) is 23.6 Å². The van der Waals surface area contributed by atoms with E-state index in [0.717, 1.165) is 22.0 Å². The molecule has 3 heterocycles. The highest BCUT2D eigenvalue weighted by molar-refractivity contribution is 9.10. The molecule has 0 atom stereocenters. The van der Waals surface area contributed by atoms with Crippen molar-refractivity contribution in [3.05, 3.63) is 57.3 Å². The lowest BCUT2D eigenvalue weighted by molar-refractivity contribution is 0.0783. The van der Waals surface area contributed by atoms with E-state index in [4.69, 9.17) is 10.5 Å². The summed E-state index contributed by atoms with van der Waals surface area (Å²) < 4.78 is 6.17. The molecule has 0 unspecified atom stereocenters. The first kappa shape index (κ1) is 16.9. The lowest BCUT2D eigenvalue weighted by Gasteiger charge is -2.17. The van der Waals surface area contributed by atoms with Crippen molar-refractivity contribution in [2.45, 2.75) is 19.8 Å². The van der Waals surface area contributed by atoms with E-state index in [1.54, 1.807) is 24.1 Å². The molecule has 0 fully saturated rings.